The number of halogens is 1. The van der Waals surface area contributed by atoms with Crippen LogP contribution in [0.4, 0.5) is 5.69 Å². The Hall–Kier alpha value is -2.20. The standard InChI is InChI=1S/C17H13BrN2O/c18-15-5-7-16(8-6-15)19-17(21)12-20-10-9-13-3-1-2-4-14(13)11-20/h1-11H,12H2/p+1. The topological polar surface area (TPSA) is 33.0 Å². The highest BCUT2D eigenvalue weighted by atomic mass is 79.9. The van der Waals surface area contributed by atoms with Crippen LogP contribution in [0.1, 0.15) is 0 Å². The molecular formula is C17H14BrN2O+. The number of anilines is 1. The summed E-state index contributed by atoms with van der Waals surface area (Å²) in [6.07, 6.45) is 3.90. The number of pyridine rings is 1. The summed E-state index contributed by atoms with van der Waals surface area (Å²) in [5, 5.41) is 5.18. The lowest BCUT2D eigenvalue weighted by molar-refractivity contribution is -0.682. The molecule has 0 saturated carbocycles. The van der Waals surface area contributed by atoms with Gasteiger partial charge < -0.3 is 5.32 Å². The SMILES string of the molecule is O=C(C[n+]1ccc2ccccc2c1)Nc1ccc(Br)cc1. The number of nitrogens with zero attached hydrogens (tertiary/aromatic N) is 1. The molecule has 0 aliphatic rings. The minimum atomic E-state index is -0.0439. The number of hydrogen-bond acceptors (Lipinski definition) is 1. The molecule has 0 spiro atoms. The van der Waals surface area contributed by atoms with Gasteiger partial charge in [-0.05, 0) is 35.7 Å². The Balaban J connectivity index is 1.72. The van der Waals surface area contributed by atoms with E-state index in [-0.39, 0.29) is 5.91 Å². The normalized spacial score (nSPS) is 10.5. The number of nitrogens with one attached hydrogen (secondary N) is 1. The third kappa shape index (κ3) is 3.47. The van der Waals surface area contributed by atoms with E-state index in [1.165, 1.54) is 5.39 Å². The largest absolute Gasteiger partial charge is 0.321 e. The van der Waals surface area contributed by atoms with E-state index in [4.69, 9.17) is 0 Å². The first-order chi connectivity index (χ1) is 10.2. The van der Waals surface area contributed by atoms with Crippen LogP contribution in [0.2, 0.25) is 0 Å². The van der Waals surface area contributed by atoms with Gasteiger partial charge in [-0.15, -0.1) is 0 Å². The molecular weight excluding hydrogens is 328 g/mol. The highest BCUT2D eigenvalue weighted by molar-refractivity contribution is 9.10. The van der Waals surface area contributed by atoms with E-state index >= 15 is 0 Å². The average Bonchev–Trinajstić information content (AvgIpc) is 2.49. The zero-order valence-corrected chi connectivity index (χ0v) is 12.9. The van der Waals surface area contributed by atoms with Gasteiger partial charge in [-0.2, -0.15) is 4.57 Å². The van der Waals surface area contributed by atoms with Crippen LogP contribution in [0.25, 0.3) is 10.8 Å². The number of benzene rings is 2. The van der Waals surface area contributed by atoms with E-state index in [1.807, 2.05) is 65.5 Å². The smallest absolute Gasteiger partial charge is 0.290 e. The van der Waals surface area contributed by atoms with Crippen molar-refractivity contribution in [3.63, 3.8) is 0 Å². The van der Waals surface area contributed by atoms with Crippen molar-refractivity contribution in [1.29, 1.82) is 0 Å². The van der Waals surface area contributed by atoms with E-state index in [0.29, 0.717) is 6.54 Å². The van der Waals surface area contributed by atoms with Crippen LogP contribution in [0.3, 0.4) is 0 Å². The Morgan fingerprint density at radius 1 is 1.00 bits per heavy atom. The van der Waals surface area contributed by atoms with Crippen molar-refractivity contribution in [2.24, 2.45) is 0 Å². The molecule has 0 radical (unpaired) electrons. The first-order valence-electron chi connectivity index (χ1n) is 6.64. The second-order valence-electron chi connectivity index (χ2n) is 4.80. The highest BCUT2D eigenvalue weighted by Gasteiger charge is 2.10. The molecule has 0 aliphatic carbocycles. The van der Waals surface area contributed by atoms with Crippen molar-refractivity contribution in [1.82, 2.24) is 0 Å². The summed E-state index contributed by atoms with van der Waals surface area (Å²) in [4.78, 5) is 12.1. The van der Waals surface area contributed by atoms with Gasteiger partial charge in [0, 0.05) is 21.6 Å². The predicted octanol–water partition coefficient (Wildman–Crippen LogP) is 3.53. The van der Waals surface area contributed by atoms with E-state index < -0.39 is 0 Å². The summed E-state index contributed by atoms with van der Waals surface area (Å²) in [6, 6.07) is 17.7. The molecule has 0 unspecified atom stereocenters. The Kier molecular flexibility index (Phi) is 3.97. The van der Waals surface area contributed by atoms with Gasteiger partial charge in [0.2, 0.25) is 6.54 Å². The summed E-state index contributed by atoms with van der Waals surface area (Å²) in [5.74, 6) is -0.0439. The van der Waals surface area contributed by atoms with Crippen molar-refractivity contribution in [3.05, 3.63) is 71.5 Å². The zero-order chi connectivity index (χ0) is 14.7. The molecule has 3 nitrogen and oxygen atoms in total. The Labute approximate surface area is 131 Å². The third-order valence-corrected chi connectivity index (χ3v) is 3.73. The van der Waals surface area contributed by atoms with E-state index in [0.717, 1.165) is 15.5 Å². The molecule has 0 aliphatic heterocycles. The maximum Gasteiger partial charge on any atom is 0.290 e. The van der Waals surface area contributed by atoms with Crippen molar-refractivity contribution in [2.75, 3.05) is 5.32 Å². The van der Waals surface area contributed by atoms with E-state index in [9.17, 15) is 4.79 Å². The molecule has 2 aromatic carbocycles. The van der Waals surface area contributed by atoms with E-state index in [1.54, 1.807) is 0 Å². The Morgan fingerprint density at radius 2 is 1.71 bits per heavy atom. The van der Waals surface area contributed by atoms with Gasteiger partial charge in [0.15, 0.2) is 12.4 Å². The Bertz CT molecular complexity index is 784. The second-order valence-corrected chi connectivity index (χ2v) is 5.72. The van der Waals surface area contributed by atoms with Crippen LogP contribution in [-0.2, 0) is 11.3 Å². The average molecular weight is 342 g/mol. The summed E-state index contributed by atoms with van der Waals surface area (Å²) in [6.45, 7) is 0.293. The number of hydrogen-bond donors (Lipinski definition) is 1. The molecule has 0 saturated heterocycles. The lowest BCUT2D eigenvalue weighted by Gasteiger charge is -2.03. The summed E-state index contributed by atoms with van der Waals surface area (Å²) < 4.78 is 2.88. The number of fused-ring (bicyclic) bond motifs is 1. The molecule has 0 fully saturated rings. The maximum atomic E-state index is 12.1. The second kappa shape index (κ2) is 6.06. The molecule has 104 valence electrons. The van der Waals surface area contributed by atoms with Gasteiger partial charge in [-0.3, -0.25) is 4.79 Å². The van der Waals surface area contributed by atoms with Crippen LogP contribution in [0.5, 0.6) is 0 Å². The molecule has 3 rings (SSSR count). The minimum Gasteiger partial charge on any atom is -0.321 e. The molecule has 1 aromatic heterocycles. The fourth-order valence-electron chi connectivity index (χ4n) is 2.18. The maximum absolute atomic E-state index is 12.1. The van der Waals surface area contributed by atoms with Gasteiger partial charge in [-0.25, -0.2) is 0 Å². The monoisotopic (exact) mass is 341 g/mol. The molecule has 0 atom stereocenters. The lowest BCUT2D eigenvalue weighted by Crippen LogP contribution is -2.39. The molecule has 1 heterocycles. The zero-order valence-electron chi connectivity index (χ0n) is 11.3. The molecule has 0 bridgehead atoms. The van der Waals surface area contributed by atoms with Crippen LogP contribution < -0.4 is 9.88 Å². The van der Waals surface area contributed by atoms with Crippen molar-refractivity contribution >= 4 is 38.3 Å². The molecule has 1 amide bonds. The number of rotatable bonds is 3. The van der Waals surface area contributed by atoms with Crippen molar-refractivity contribution in [3.8, 4) is 0 Å². The van der Waals surface area contributed by atoms with Gasteiger partial charge in [0.25, 0.3) is 5.91 Å². The third-order valence-electron chi connectivity index (χ3n) is 3.20. The molecule has 1 N–H and O–H groups in total. The number of aromatic nitrogens is 1. The number of amides is 1. The van der Waals surface area contributed by atoms with Crippen LogP contribution in [0, 0.1) is 0 Å². The lowest BCUT2D eigenvalue weighted by atomic mass is 10.2. The first kappa shape index (κ1) is 13.8. The molecule has 3 aromatic rings. The van der Waals surface area contributed by atoms with Crippen LogP contribution in [-0.4, -0.2) is 5.91 Å². The number of carbonyl (C=O) groups is 1. The van der Waals surface area contributed by atoms with Crippen molar-refractivity contribution in [2.45, 2.75) is 6.54 Å². The fourth-order valence-corrected chi connectivity index (χ4v) is 2.44. The van der Waals surface area contributed by atoms with Gasteiger partial charge in [0.1, 0.15) is 0 Å². The fraction of sp³-hybridized carbons (Fsp3) is 0.0588. The van der Waals surface area contributed by atoms with Gasteiger partial charge in [0.05, 0.1) is 0 Å². The Morgan fingerprint density at radius 3 is 2.48 bits per heavy atom. The number of carbonyl (C=O) groups excluding carboxylic acids is 1. The first-order valence-corrected chi connectivity index (χ1v) is 7.43. The van der Waals surface area contributed by atoms with Gasteiger partial charge in [-0.1, -0.05) is 34.1 Å². The summed E-state index contributed by atoms with van der Waals surface area (Å²) in [5.41, 5.74) is 0.796. The highest BCUT2D eigenvalue weighted by Crippen LogP contribution is 2.14. The van der Waals surface area contributed by atoms with Gasteiger partial charge >= 0.3 is 0 Å². The molecule has 4 heteroatoms. The van der Waals surface area contributed by atoms with Crippen LogP contribution in [0.15, 0.2) is 71.5 Å². The summed E-state index contributed by atoms with van der Waals surface area (Å²) in [7, 11) is 0. The predicted molar refractivity (Wildman–Crippen MR) is 86.9 cm³/mol. The minimum absolute atomic E-state index is 0.0439. The summed E-state index contributed by atoms with van der Waals surface area (Å²) >= 11 is 3.37. The van der Waals surface area contributed by atoms with Crippen LogP contribution >= 0.6 is 15.9 Å². The van der Waals surface area contributed by atoms with E-state index in [2.05, 4.69) is 27.3 Å². The molecule has 21 heavy (non-hydrogen) atoms. The van der Waals surface area contributed by atoms with Crippen molar-refractivity contribution < 1.29 is 9.36 Å². The quantitative estimate of drug-likeness (QED) is 0.726.